The molecule has 2 N–H and O–H groups in total. The Morgan fingerprint density at radius 1 is 1.43 bits per heavy atom. The van der Waals surface area contributed by atoms with Crippen molar-refractivity contribution in [3.63, 3.8) is 0 Å². The SMILES string of the molecule is O=C(O)c1ccc(S(=O)(=O)NCCn2cccn2)c(Br)c1. The molecule has 2 rings (SSSR count). The van der Waals surface area contributed by atoms with Crippen LogP contribution in [-0.2, 0) is 16.6 Å². The van der Waals surface area contributed by atoms with Crippen molar-refractivity contribution >= 4 is 31.9 Å². The first-order chi connectivity index (χ1) is 9.90. The number of carboxylic acids is 1. The van der Waals surface area contributed by atoms with Crippen LogP contribution in [0.1, 0.15) is 10.4 Å². The zero-order valence-electron chi connectivity index (χ0n) is 10.7. The molecule has 112 valence electrons. The highest BCUT2D eigenvalue weighted by atomic mass is 79.9. The van der Waals surface area contributed by atoms with Gasteiger partial charge in [-0.3, -0.25) is 4.68 Å². The van der Waals surface area contributed by atoms with Crippen molar-refractivity contribution in [1.29, 1.82) is 0 Å². The molecule has 0 saturated carbocycles. The number of carboxylic acid groups (broad SMARTS) is 1. The van der Waals surface area contributed by atoms with Crippen LogP contribution in [0.5, 0.6) is 0 Å². The van der Waals surface area contributed by atoms with Crippen molar-refractivity contribution < 1.29 is 18.3 Å². The number of carbonyl (C=O) groups is 1. The fourth-order valence-corrected chi connectivity index (χ4v) is 3.75. The Labute approximate surface area is 129 Å². The van der Waals surface area contributed by atoms with Crippen LogP contribution in [0.4, 0.5) is 0 Å². The molecule has 1 aromatic carbocycles. The molecule has 0 unspecified atom stereocenters. The van der Waals surface area contributed by atoms with Gasteiger partial charge in [0.2, 0.25) is 10.0 Å². The van der Waals surface area contributed by atoms with Crippen LogP contribution in [0.2, 0.25) is 0 Å². The first kappa shape index (κ1) is 15.7. The molecule has 0 saturated heterocycles. The van der Waals surface area contributed by atoms with Crippen LogP contribution in [-0.4, -0.2) is 35.8 Å². The maximum absolute atomic E-state index is 12.1. The number of sulfonamides is 1. The Morgan fingerprint density at radius 3 is 2.76 bits per heavy atom. The number of aromatic nitrogens is 2. The third kappa shape index (κ3) is 3.90. The summed E-state index contributed by atoms with van der Waals surface area (Å²) in [7, 11) is -3.72. The summed E-state index contributed by atoms with van der Waals surface area (Å²) >= 11 is 3.08. The molecule has 0 fully saturated rings. The maximum atomic E-state index is 12.1. The Kier molecular flexibility index (Phi) is 4.76. The quantitative estimate of drug-likeness (QED) is 0.794. The third-order valence-corrected chi connectivity index (χ3v) is 5.10. The van der Waals surface area contributed by atoms with Gasteiger partial charge in [-0.2, -0.15) is 5.10 Å². The monoisotopic (exact) mass is 373 g/mol. The van der Waals surface area contributed by atoms with Crippen LogP contribution >= 0.6 is 15.9 Å². The Morgan fingerprint density at radius 2 is 2.19 bits per heavy atom. The number of halogens is 1. The van der Waals surface area contributed by atoms with Gasteiger partial charge in [0.15, 0.2) is 0 Å². The van der Waals surface area contributed by atoms with Gasteiger partial charge in [-0.25, -0.2) is 17.9 Å². The summed E-state index contributed by atoms with van der Waals surface area (Å²) in [6.45, 7) is 0.578. The number of nitrogens with one attached hydrogen (secondary N) is 1. The van der Waals surface area contributed by atoms with E-state index in [1.54, 1.807) is 23.1 Å². The van der Waals surface area contributed by atoms with Crippen LogP contribution in [0, 0.1) is 0 Å². The first-order valence-electron chi connectivity index (χ1n) is 5.90. The molecular weight excluding hydrogens is 362 g/mol. The molecule has 0 atom stereocenters. The lowest BCUT2D eigenvalue weighted by atomic mass is 10.2. The summed E-state index contributed by atoms with van der Waals surface area (Å²) in [6, 6.07) is 5.50. The second-order valence-corrected chi connectivity index (χ2v) is 6.71. The molecule has 0 radical (unpaired) electrons. The van der Waals surface area contributed by atoms with Gasteiger partial charge >= 0.3 is 5.97 Å². The molecule has 0 aliphatic heterocycles. The Bertz CT molecular complexity index is 744. The van der Waals surface area contributed by atoms with Crippen molar-refractivity contribution in [3.8, 4) is 0 Å². The highest BCUT2D eigenvalue weighted by Gasteiger charge is 2.18. The molecular formula is C12H12BrN3O4S. The number of benzene rings is 1. The van der Waals surface area contributed by atoms with Crippen molar-refractivity contribution in [3.05, 3.63) is 46.7 Å². The van der Waals surface area contributed by atoms with Gasteiger partial charge in [0, 0.05) is 23.4 Å². The average Bonchev–Trinajstić information content (AvgIpc) is 2.91. The second kappa shape index (κ2) is 6.37. The van der Waals surface area contributed by atoms with Crippen molar-refractivity contribution in [2.45, 2.75) is 11.4 Å². The van der Waals surface area contributed by atoms with Gasteiger partial charge < -0.3 is 5.11 Å². The van der Waals surface area contributed by atoms with E-state index in [1.165, 1.54) is 18.2 Å². The van der Waals surface area contributed by atoms with Gasteiger partial charge in [-0.15, -0.1) is 0 Å². The van der Waals surface area contributed by atoms with Crippen LogP contribution in [0.15, 0.2) is 46.0 Å². The molecule has 2 aromatic rings. The topological polar surface area (TPSA) is 101 Å². The van der Waals surface area contributed by atoms with E-state index in [1.807, 2.05) is 0 Å². The van der Waals surface area contributed by atoms with Gasteiger partial charge in [0.25, 0.3) is 0 Å². The molecule has 0 spiro atoms. The smallest absolute Gasteiger partial charge is 0.335 e. The molecule has 0 bridgehead atoms. The molecule has 0 amide bonds. The van der Waals surface area contributed by atoms with Gasteiger partial charge in [0.1, 0.15) is 0 Å². The number of hydrogen-bond acceptors (Lipinski definition) is 4. The normalized spacial score (nSPS) is 11.5. The number of nitrogens with zero attached hydrogens (tertiary/aromatic N) is 2. The molecule has 7 nitrogen and oxygen atoms in total. The molecule has 1 aromatic heterocycles. The second-order valence-electron chi connectivity index (χ2n) is 4.12. The summed E-state index contributed by atoms with van der Waals surface area (Å²) in [5.41, 5.74) is 0.0115. The van der Waals surface area contributed by atoms with E-state index in [9.17, 15) is 13.2 Å². The van der Waals surface area contributed by atoms with Crippen molar-refractivity contribution in [2.75, 3.05) is 6.54 Å². The Hall–Kier alpha value is -1.71. The maximum Gasteiger partial charge on any atom is 0.335 e. The standard InChI is InChI=1S/C12H12BrN3O4S/c13-10-8-9(12(17)18)2-3-11(10)21(19,20)15-5-7-16-6-1-4-14-16/h1-4,6,8,15H,5,7H2,(H,17,18). The fraction of sp³-hybridized carbons (Fsp3) is 0.167. The van der Waals surface area contributed by atoms with E-state index in [0.29, 0.717) is 6.54 Å². The van der Waals surface area contributed by atoms with E-state index in [0.717, 1.165) is 0 Å². The third-order valence-electron chi connectivity index (χ3n) is 2.66. The number of aromatic carboxylic acids is 1. The van der Waals surface area contributed by atoms with Gasteiger partial charge in [-0.05, 0) is 40.2 Å². The highest BCUT2D eigenvalue weighted by Crippen LogP contribution is 2.23. The molecule has 0 aliphatic rings. The lowest BCUT2D eigenvalue weighted by Gasteiger charge is -2.09. The van der Waals surface area contributed by atoms with Crippen molar-refractivity contribution in [1.82, 2.24) is 14.5 Å². The number of hydrogen-bond donors (Lipinski definition) is 2. The minimum atomic E-state index is -3.72. The van der Waals surface area contributed by atoms with E-state index < -0.39 is 16.0 Å². The number of rotatable bonds is 6. The minimum Gasteiger partial charge on any atom is -0.478 e. The predicted octanol–water partition coefficient (Wildman–Crippen LogP) is 1.32. The zero-order valence-corrected chi connectivity index (χ0v) is 13.1. The predicted molar refractivity (Wildman–Crippen MR) is 78.5 cm³/mol. The largest absolute Gasteiger partial charge is 0.478 e. The summed E-state index contributed by atoms with van der Waals surface area (Å²) in [4.78, 5) is 10.8. The van der Waals surface area contributed by atoms with Crippen LogP contribution < -0.4 is 4.72 Å². The summed E-state index contributed by atoms with van der Waals surface area (Å²) in [5, 5.41) is 12.8. The molecule has 1 heterocycles. The minimum absolute atomic E-state index is 0.00651. The first-order valence-corrected chi connectivity index (χ1v) is 8.18. The van der Waals surface area contributed by atoms with Crippen LogP contribution in [0.25, 0.3) is 0 Å². The van der Waals surface area contributed by atoms with Crippen LogP contribution in [0.3, 0.4) is 0 Å². The summed E-state index contributed by atoms with van der Waals surface area (Å²) in [5.74, 6) is -1.12. The van der Waals surface area contributed by atoms with Crippen molar-refractivity contribution in [2.24, 2.45) is 0 Å². The average molecular weight is 374 g/mol. The lowest BCUT2D eigenvalue weighted by molar-refractivity contribution is 0.0696. The lowest BCUT2D eigenvalue weighted by Crippen LogP contribution is -2.28. The fourth-order valence-electron chi connectivity index (χ4n) is 1.66. The molecule has 0 aliphatic carbocycles. The zero-order chi connectivity index (χ0) is 15.5. The molecule has 9 heteroatoms. The summed E-state index contributed by atoms with van der Waals surface area (Å²) in [6.07, 6.45) is 3.33. The van der Waals surface area contributed by atoms with E-state index in [-0.39, 0.29) is 21.5 Å². The van der Waals surface area contributed by atoms with E-state index in [4.69, 9.17) is 5.11 Å². The van der Waals surface area contributed by atoms with E-state index in [2.05, 4.69) is 25.8 Å². The highest BCUT2D eigenvalue weighted by molar-refractivity contribution is 9.10. The van der Waals surface area contributed by atoms with Gasteiger partial charge in [-0.1, -0.05) is 0 Å². The Balaban J connectivity index is 2.10. The molecule has 21 heavy (non-hydrogen) atoms. The van der Waals surface area contributed by atoms with E-state index >= 15 is 0 Å². The van der Waals surface area contributed by atoms with Gasteiger partial charge in [0.05, 0.1) is 17.0 Å². The summed E-state index contributed by atoms with van der Waals surface area (Å²) < 4.78 is 28.5.